The molecule has 0 bridgehead atoms. The molecule has 0 aliphatic carbocycles. The van der Waals surface area contributed by atoms with E-state index in [1.165, 1.54) is 12.1 Å². The Hall–Kier alpha value is -1.48. The largest absolute Gasteiger partial charge is 0.417 e. The lowest BCUT2D eigenvalue weighted by atomic mass is 10.0. The average molecular weight is 352 g/mol. The van der Waals surface area contributed by atoms with Gasteiger partial charge in [0.05, 0.1) is 20.6 Å². The summed E-state index contributed by atoms with van der Waals surface area (Å²) in [6.07, 6.45) is -3.99. The minimum atomic E-state index is -4.58. The number of nitriles is 1. The van der Waals surface area contributed by atoms with Gasteiger partial charge in [0.25, 0.3) is 0 Å². The number of nitrogens with zero attached hydrogens (tertiary/aromatic N) is 2. The summed E-state index contributed by atoms with van der Waals surface area (Å²) in [5, 5.41) is 9.33. The molecule has 1 aromatic heterocycles. The predicted octanol–water partition coefficient (Wildman–Crippen LogP) is 5.60. The first-order valence-corrected chi connectivity index (χ1v) is 6.49. The molecule has 0 unspecified atom stereocenters. The fourth-order valence-corrected chi connectivity index (χ4v) is 2.29. The molecule has 0 saturated carbocycles. The maximum atomic E-state index is 12.8. The van der Waals surface area contributed by atoms with Gasteiger partial charge in [0.1, 0.15) is 11.8 Å². The molecule has 0 aliphatic heterocycles. The van der Waals surface area contributed by atoms with Crippen LogP contribution in [-0.2, 0) is 6.18 Å². The molecule has 2 rings (SSSR count). The number of rotatable bonds is 1. The first-order valence-electron chi connectivity index (χ1n) is 5.36. The van der Waals surface area contributed by atoms with Crippen LogP contribution < -0.4 is 0 Å². The molecular formula is C13H4Cl3F3N2. The molecule has 0 atom stereocenters. The van der Waals surface area contributed by atoms with Crippen LogP contribution in [0.4, 0.5) is 13.2 Å². The van der Waals surface area contributed by atoms with Crippen LogP contribution in [0.3, 0.4) is 0 Å². The number of pyridine rings is 1. The van der Waals surface area contributed by atoms with E-state index in [1.807, 2.05) is 0 Å². The van der Waals surface area contributed by atoms with Crippen LogP contribution in [0.15, 0.2) is 24.4 Å². The van der Waals surface area contributed by atoms with Gasteiger partial charge in [-0.3, -0.25) is 0 Å². The molecule has 1 heterocycles. The highest BCUT2D eigenvalue weighted by atomic mass is 35.5. The first-order chi connectivity index (χ1) is 9.74. The summed E-state index contributed by atoms with van der Waals surface area (Å²) in [4.78, 5) is 3.52. The molecule has 8 heteroatoms. The van der Waals surface area contributed by atoms with Crippen LogP contribution in [0, 0.1) is 11.3 Å². The van der Waals surface area contributed by atoms with Gasteiger partial charge in [0, 0.05) is 17.3 Å². The number of halogens is 6. The highest BCUT2D eigenvalue weighted by Crippen LogP contribution is 2.38. The molecule has 108 valence electrons. The third kappa shape index (κ3) is 3.24. The minimum absolute atomic E-state index is 0.0594. The SMILES string of the molecule is N#Cc1ncc(C(F)(F)F)cc1-c1cc(Cl)c(Cl)cc1Cl. The average Bonchev–Trinajstić information content (AvgIpc) is 2.41. The molecule has 0 fully saturated rings. The zero-order chi connectivity index (χ0) is 15.8. The Kier molecular flexibility index (Phi) is 4.33. The van der Waals surface area contributed by atoms with Gasteiger partial charge in [-0.15, -0.1) is 0 Å². The van der Waals surface area contributed by atoms with Crippen LogP contribution in [0.5, 0.6) is 0 Å². The van der Waals surface area contributed by atoms with Gasteiger partial charge in [-0.25, -0.2) is 4.98 Å². The summed E-state index contributed by atoms with van der Waals surface area (Å²) in [6.45, 7) is 0. The molecule has 0 aliphatic rings. The Morgan fingerprint density at radius 1 is 0.952 bits per heavy atom. The standard InChI is InChI=1S/C13H4Cl3F3N2/c14-9-3-11(16)10(15)2-7(9)8-1-6(13(17,18)19)5-21-12(8)4-20/h1-3,5H. The smallest absolute Gasteiger partial charge is 0.244 e. The van der Waals surface area contributed by atoms with E-state index < -0.39 is 11.7 Å². The van der Waals surface area contributed by atoms with Crippen molar-refractivity contribution in [2.75, 3.05) is 0 Å². The van der Waals surface area contributed by atoms with E-state index >= 15 is 0 Å². The highest BCUT2D eigenvalue weighted by molar-refractivity contribution is 6.44. The molecule has 1 aromatic carbocycles. The molecule has 21 heavy (non-hydrogen) atoms. The summed E-state index contributed by atoms with van der Waals surface area (Å²) >= 11 is 17.6. The van der Waals surface area contributed by atoms with Gasteiger partial charge in [0.2, 0.25) is 0 Å². The van der Waals surface area contributed by atoms with E-state index in [0.29, 0.717) is 6.20 Å². The summed E-state index contributed by atoms with van der Waals surface area (Å²) in [5.41, 5.74) is -1.08. The molecule has 0 radical (unpaired) electrons. The Labute approximate surface area is 132 Å². The van der Waals surface area contributed by atoms with Gasteiger partial charge < -0.3 is 0 Å². The van der Waals surface area contributed by atoms with Crippen molar-refractivity contribution in [3.8, 4) is 17.2 Å². The molecule has 0 N–H and O–H groups in total. The Bertz CT molecular complexity index is 752. The van der Waals surface area contributed by atoms with Crippen LogP contribution in [0.1, 0.15) is 11.3 Å². The predicted molar refractivity (Wildman–Crippen MR) is 74.4 cm³/mol. The van der Waals surface area contributed by atoms with Crippen molar-refractivity contribution in [1.82, 2.24) is 4.98 Å². The van der Waals surface area contributed by atoms with Gasteiger partial charge in [-0.2, -0.15) is 18.4 Å². The molecule has 0 saturated heterocycles. The zero-order valence-electron chi connectivity index (χ0n) is 9.97. The second-order valence-electron chi connectivity index (χ2n) is 3.98. The summed E-state index contributed by atoms with van der Waals surface area (Å²) in [5.74, 6) is 0. The van der Waals surface area contributed by atoms with E-state index in [2.05, 4.69) is 4.98 Å². The van der Waals surface area contributed by atoms with Crippen molar-refractivity contribution in [3.05, 3.63) is 50.7 Å². The van der Waals surface area contributed by atoms with Gasteiger partial charge in [-0.05, 0) is 18.2 Å². The van der Waals surface area contributed by atoms with E-state index in [-0.39, 0.29) is 31.9 Å². The van der Waals surface area contributed by atoms with Crippen molar-refractivity contribution >= 4 is 34.8 Å². The number of alkyl halides is 3. The molecular weight excluding hydrogens is 348 g/mol. The minimum Gasteiger partial charge on any atom is -0.244 e. The van der Waals surface area contributed by atoms with E-state index in [1.54, 1.807) is 6.07 Å². The van der Waals surface area contributed by atoms with Crippen molar-refractivity contribution in [1.29, 1.82) is 5.26 Å². The molecule has 2 nitrogen and oxygen atoms in total. The van der Waals surface area contributed by atoms with Crippen LogP contribution in [0.2, 0.25) is 15.1 Å². The number of hydrogen-bond acceptors (Lipinski definition) is 2. The highest BCUT2D eigenvalue weighted by Gasteiger charge is 2.32. The fraction of sp³-hybridized carbons (Fsp3) is 0.0769. The lowest BCUT2D eigenvalue weighted by molar-refractivity contribution is -0.137. The second-order valence-corrected chi connectivity index (χ2v) is 5.20. The Morgan fingerprint density at radius 2 is 1.57 bits per heavy atom. The van der Waals surface area contributed by atoms with Crippen LogP contribution in [0.25, 0.3) is 11.1 Å². The fourth-order valence-electron chi connectivity index (χ4n) is 1.64. The summed E-state index contributed by atoms with van der Waals surface area (Å²) in [7, 11) is 0. The molecule has 0 amide bonds. The van der Waals surface area contributed by atoms with E-state index in [9.17, 15) is 13.2 Å². The maximum Gasteiger partial charge on any atom is 0.417 e. The monoisotopic (exact) mass is 350 g/mol. The van der Waals surface area contributed by atoms with Gasteiger partial charge in [0.15, 0.2) is 0 Å². The zero-order valence-corrected chi connectivity index (χ0v) is 12.2. The molecule has 0 spiro atoms. The maximum absolute atomic E-state index is 12.8. The van der Waals surface area contributed by atoms with Crippen molar-refractivity contribution in [3.63, 3.8) is 0 Å². The number of benzene rings is 1. The van der Waals surface area contributed by atoms with Gasteiger partial charge in [-0.1, -0.05) is 34.8 Å². The third-order valence-corrected chi connectivity index (χ3v) is 3.66. The quantitative estimate of drug-likeness (QED) is 0.627. The normalized spacial score (nSPS) is 11.3. The first kappa shape index (κ1) is 15.9. The van der Waals surface area contributed by atoms with Gasteiger partial charge >= 0.3 is 6.18 Å². The third-order valence-electron chi connectivity index (χ3n) is 2.62. The number of hydrogen-bond donors (Lipinski definition) is 0. The van der Waals surface area contributed by atoms with Crippen molar-refractivity contribution in [2.24, 2.45) is 0 Å². The van der Waals surface area contributed by atoms with Crippen molar-refractivity contribution < 1.29 is 13.2 Å². The van der Waals surface area contributed by atoms with Crippen LogP contribution >= 0.6 is 34.8 Å². The van der Waals surface area contributed by atoms with E-state index in [4.69, 9.17) is 40.1 Å². The van der Waals surface area contributed by atoms with Crippen molar-refractivity contribution in [2.45, 2.75) is 6.18 Å². The van der Waals surface area contributed by atoms with Crippen LogP contribution in [-0.4, -0.2) is 4.98 Å². The lowest BCUT2D eigenvalue weighted by Crippen LogP contribution is -2.07. The lowest BCUT2D eigenvalue weighted by Gasteiger charge is -2.11. The molecule has 2 aromatic rings. The number of aromatic nitrogens is 1. The Balaban J connectivity index is 2.73. The summed E-state index contributed by atoms with van der Waals surface area (Å²) in [6, 6.07) is 5.11. The van der Waals surface area contributed by atoms with E-state index in [0.717, 1.165) is 6.07 Å². The summed E-state index contributed by atoms with van der Waals surface area (Å²) < 4.78 is 38.3. The Morgan fingerprint density at radius 3 is 2.14 bits per heavy atom. The second kappa shape index (κ2) is 5.72. The topological polar surface area (TPSA) is 36.7 Å².